The molecule has 0 aromatic heterocycles. The third-order valence-corrected chi connectivity index (χ3v) is 4.00. The van der Waals surface area contributed by atoms with Crippen molar-refractivity contribution in [3.8, 4) is 0 Å². The lowest BCUT2D eigenvalue weighted by Crippen LogP contribution is -2.45. The molecule has 0 radical (unpaired) electrons. The molecule has 112 valence electrons. The molecule has 1 rings (SSSR count). The van der Waals surface area contributed by atoms with E-state index in [9.17, 15) is 4.79 Å². The lowest BCUT2D eigenvalue weighted by Gasteiger charge is -2.29. The van der Waals surface area contributed by atoms with E-state index in [0.717, 1.165) is 19.6 Å². The first-order valence-corrected chi connectivity index (χ1v) is 7.76. The average Bonchev–Trinajstić information content (AvgIpc) is 2.87. The molecule has 1 fully saturated rings. The summed E-state index contributed by atoms with van der Waals surface area (Å²) in [6.45, 7) is 10.1. The third-order valence-electron chi connectivity index (χ3n) is 4.00. The molecular weight excluding hydrogens is 238 g/mol. The van der Waals surface area contributed by atoms with Crippen LogP contribution in [-0.4, -0.2) is 61.0 Å². The molecule has 4 heteroatoms. The smallest absolute Gasteiger partial charge is 0.236 e. The summed E-state index contributed by atoms with van der Waals surface area (Å²) in [6, 6.07) is 0.860. The van der Waals surface area contributed by atoms with E-state index >= 15 is 0 Å². The number of nitrogens with zero attached hydrogens (tertiary/aromatic N) is 2. The van der Waals surface area contributed by atoms with Gasteiger partial charge in [-0.15, -0.1) is 0 Å². The lowest BCUT2D eigenvalue weighted by molar-refractivity contribution is -0.132. The van der Waals surface area contributed by atoms with Crippen LogP contribution in [0.1, 0.15) is 46.5 Å². The van der Waals surface area contributed by atoms with Crippen LogP contribution >= 0.6 is 0 Å². The summed E-state index contributed by atoms with van der Waals surface area (Å²) in [5.41, 5.74) is 0. The molecule has 0 saturated carbocycles. The van der Waals surface area contributed by atoms with Gasteiger partial charge < -0.3 is 10.2 Å². The molecule has 1 saturated heterocycles. The quantitative estimate of drug-likeness (QED) is 0.728. The van der Waals surface area contributed by atoms with Crippen LogP contribution in [0.5, 0.6) is 0 Å². The Hall–Kier alpha value is -0.610. The van der Waals surface area contributed by atoms with Gasteiger partial charge >= 0.3 is 0 Å². The number of rotatable bonds is 8. The number of likely N-dealkylation sites (N-methyl/N-ethyl adjacent to an activating group) is 1. The van der Waals surface area contributed by atoms with Crippen LogP contribution in [0.25, 0.3) is 0 Å². The maximum Gasteiger partial charge on any atom is 0.236 e. The van der Waals surface area contributed by atoms with Gasteiger partial charge in [0, 0.05) is 25.7 Å². The lowest BCUT2D eigenvalue weighted by atomic mass is 10.2. The van der Waals surface area contributed by atoms with Crippen LogP contribution in [0.2, 0.25) is 0 Å². The number of nitrogens with one attached hydrogen (secondary N) is 1. The van der Waals surface area contributed by atoms with Gasteiger partial charge in [0.1, 0.15) is 0 Å². The highest BCUT2D eigenvalue weighted by atomic mass is 16.2. The maximum absolute atomic E-state index is 12.2. The van der Waals surface area contributed by atoms with E-state index in [2.05, 4.69) is 31.0 Å². The van der Waals surface area contributed by atoms with Crippen molar-refractivity contribution in [2.24, 2.45) is 0 Å². The molecule has 1 heterocycles. The van der Waals surface area contributed by atoms with Crippen LogP contribution in [0.3, 0.4) is 0 Å². The zero-order valence-electron chi connectivity index (χ0n) is 13.1. The van der Waals surface area contributed by atoms with E-state index in [1.54, 1.807) is 0 Å². The molecule has 1 aliphatic rings. The van der Waals surface area contributed by atoms with Gasteiger partial charge in [0.15, 0.2) is 0 Å². The molecule has 4 nitrogen and oxygen atoms in total. The number of unbranched alkanes of at least 4 members (excludes halogenated alkanes) is 1. The summed E-state index contributed by atoms with van der Waals surface area (Å²) in [4.78, 5) is 16.4. The van der Waals surface area contributed by atoms with Gasteiger partial charge in [0.05, 0.1) is 6.54 Å². The van der Waals surface area contributed by atoms with Gasteiger partial charge in [-0.05, 0) is 46.2 Å². The molecule has 1 aliphatic heterocycles. The van der Waals surface area contributed by atoms with Crippen molar-refractivity contribution < 1.29 is 4.79 Å². The molecule has 0 aromatic rings. The van der Waals surface area contributed by atoms with E-state index in [1.807, 2.05) is 11.9 Å². The highest BCUT2D eigenvalue weighted by Gasteiger charge is 2.21. The maximum atomic E-state index is 12.2. The zero-order chi connectivity index (χ0) is 14.3. The summed E-state index contributed by atoms with van der Waals surface area (Å²) in [7, 11) is 1.90. The molecule has 19 heavy (non-hydrogen) atoms. The van der Waals surface area contributed by atoms with Crippen molar-refractivity contribution >= 4 is 5.91 Å². The second kappa shape index (κ2) is 8.54. The number of carbonyl (C=O) groups excluding carboxylic acids is 1. The Morgan fingerprint density at radius 3 is 2.68 bits per heavy atom. The summed E-state index contributed by atoms with van der Waals surface area (Å²) in [5.74, 6) is 0.240. The van der Waals surface area contributed by atoms with E-state index in [4.69, 9.17) is 0 Å². The van der Waals surface area contributed by atoms with E-state index in [0.29, 0.717) is 12.6 Å². The van der Waals surface area contributed by atoms with Crippen LogP contribution in [-0.2, 0) is 4.79 Å². The normalized spacial score (nSPS) is 19.4. The fourth-order valence-corrected chi connectivity index (χ4v) is 2.43. The van der Waals surface area contributed by atoms with Crippen LogP contribution in [0, 0.1) is 0 Å². The predicted molar refractivity (Wildman–Crippen MR) is 80.3 cm³/mol. The summed E-state index contributed by atoms with van der Waals surface area (Å²) >= 11 is 0. The Labute approximate surface area is 118 Å². The van der Waals surface area contributed by atoms with Gasteiger partial charge in [-0.1, -0.05) is 13.3 Å². The standard InChI is InChI=1S/C15H31N3O/c1-5-6-10-18(11-14-8-7-9-16-14)12-15(19)17(4)13(2)3/h13-14,16H,5-12H2,1-4H3. The minimum absolute atomic E-state index is 0.240. The van der Waals surface area contributed by atoms with Crippen molar-refractivity contribution in [2.45, 2.75) is 58.5 Å². The van der Waals surface area contributed by atoms with Crippen LogP contribution in [0.4, 0.5) is 0 Å². The zero-order valence-corrected chi connectivity index (χ0v) is 13.1. The number of amides is 1. The molecule has 1 amide bonds. The first kappa shape index (κ1) is 16.4. The number of hydrogen-bond acceptors (Lipinski definition) is 3. The van der Waals surface area contributed by atoms with E-state index in [1.165, 1.54) is 25.7 Å². The highest BCUT2D eigenvalue weighted by molar-refractivity contribution is 5.78. The van der Waals surface area contributed by atoms with Crippen molar-refractivity contribution in [3.63, 3.8) is 0 Å². The van der Waals surface area contributed by atoms with Crippen molar-refractivity contribution in [3.05, 3.63) is 0 Å². The highest BCUT2D eigenvalue weighted by Crippen LogP contribution is 2.08. The fourth-order valence-electron chi connectivity index (χ4n) is 2.43. The van der Waals surface area contributed by atoms with Gasteiger partial charge in [-0.25, -0.2) is 0 Å². The third kappa shape index (κ3) is 5.91. The molecule has 0 aromatic carbocycles. The fraction of sp³-hybridized carbons (Fsp3) is 0.933. The van der Waals surface area contributed by atoms with E-state index in [-0.39, 0.29) is 11.9 Å². The van der Waals surface area contributed by atoms with Crippen molar-refractivity contribution in [1.29, 1.82) is 0 Å². The molecule has 1 atom stereocenters. The first-order chi connectivity index (χ1) is 9.04. The van der Waals surface area contributed by atoms with Crippen molar-refractivity contribution in [2.75, 3.05) is 33.2 Å². The Balaban J connectivity index is 2.45. The topological polar surface area (TPSA) is 35.6 Å². The molecule has 1 N–H and O–H groups in total. The minimum Gasteiger partial charge on any atom is -0.342 e. The largest absolute Gasteiger partial charge is 0.342 e. The summed E-state index contributed by atoms with van der Waals surface area (Å²) in [5, 5.41) is 3.52. The van der Waals surface area contributed by atoms with Gasteiger partial charge in [0.25, 0.3) is 0 Å². The first-order valence-electron chi connectivity index (χ1n) is 7.76. The Bertz CT molecular complexity index is 262. The summed E-state index contributed by atoms with van der Waals surface area (Å²) < 4.78 is 0. The van der Waals surface area contributed by atoms with E-state index < -0.39 is 0 Å². The van der Waals surface area contributed by atoms with Gasteiger partial charge in [-0.2, -0.15) is 0 Å². The number of carbonyl (C=O) groups is 1. The Morgan fingerprint density at radius 1 is 1.42 bits per heavy atom. The van der Waals surface area contributed by atoms with Crippen LogP contribution in [0.15, 0.2) is 0 Å². The second-order valence-corrected chi connectivity index (χ2v) is 5.98. The molecule has 0 bridgehead atoms. The van der Waals surface area contributed by atoms with Gasteiger partial charge in [-0.3, -0.25) is 9.69 Å². The Kier molecular flexibility index (Phi) is 7.39. The predicted octanol–water partition coefficient (Wildman–Crippen LogP) is 1.71. The van der Waals surface area contributed by atoms with Gasteiger partial charge in [0.2, 0.25) is 5.91 Å². The molecule has 0 aliphatic carbocycles. The number of hydrogen-bond donors (Lipinski definition) is 1. The van der Waals surface area contributed by atoms with Crippen molar-refractivity contribution in [1.82, 2.24) is 15.1 Å². The average molecular weight is 269 g/mol. The Morgan fingerprint density at radius 2 is 2.16 bits per heavy atom. The minimum atomic E-state index is 0.240. The molecule has 0 spiro atoms. The summed E-state index contributed by atoms with van der Waals surface area (Å²) in [6.07, 6.45) is 4.87. The SMILES string of the molecule is CCCCN(CC(=O)N(C)C(C)C)CC1CCCN1. The monoisotopic (exact) mass is 269 g/mol. The molecule has 1 unspecified atom stereocenters. The van der Waals surface area contributed by atoms with Crippen LogP contribution < -0.4 is 5.32 Å². The molecular formula is C15H31N3O. The second-order valence-electron chi connectivity index (χ2n) is 5.98.